The number of hydrogen-bond acceptors (Lipinski definition) is 4. The topological polar surface area (TPSA) is 47.9 Å². The fourth-order valence-corrected chi connectivity index (χ4v) is 4.60. The predicted molar refractivity (Wildman–Crippen MR) is 106 cm³/mol. The molecule has 4 heteroatoms. The number of rotatable bonds is 1. The van der Waals surface area contributed by atoms with E-state index >= 15 is 0 Å². The lowest BCUT2D eigenvalue weighted by Crippen LogP contribution is -2.23. The van der Waals surface area contributed by atoms with Crippen molar-refractivity contribution >= 4 is 0 Å². The van der Waals surface area contributed by atoms with E-state index < -0.39 is 6.10 Å². The van der Waals surface area contributed by atoms with Gasteiger partial charge in [0.05, 0.1) is 13.2 Å². The average Bonchev–Trinajstić information content (AvgIpc) is 3.12. The molecule has 2 aromatic carbocycles. The molecule has 0 aromatic heterocycles. The molecule has 0 bridgehead atoms. The van der Waals surface area contributed by atoms with Crippen LogP contribution in [0, 0.1) is 32.6 Å². The van der Waals surface area contributed by atoms with Crippen LogP contribution in [0.3, 0.4) is 0 Å². The zero-order chi connectivity index (χ0) is 19.5. The molecule has 1 N–H and O–H groups in total. The molecule has 4 rings (SSSR count). The molecular formula is C23H28O4. The van der Waals surface area contributed by atoms with Crippen LogP contribution < -0.4 is 14.2 Å². The van der Waals surface area contributed by atoms with E-state index in [1.165, 1.54) is 11.1 Å². The normalized spacial score (nSPS) is 23.3. The van der Waals surface area contributed by atoms with Crippen molar-refractivity contribution in [2.24, 2.45) is 11.8 Å². The first-order valence-electron chi connectivity index (χ1n) is 9.63. The summed E-state index contributed by atoms with van der Waals surface area (Å²) in [7, 11) is 1.69. The fraction of sp³-hybridized carbons (Fsp3) is 0.478. The molecule has 0 radical (unpaired) electrons. The quantitative estimate of drug-likeness (QED) is 0.779. The summed E-state index contributed by atoms with van der Waals surface area (Å²) in [5, 5.41) is 11.2. The first kappa shape index (κ1) is 18.2. The minimum atomic E-state index is -0.541. The SMILES string of the molecule is COc1cc2c(c(C)c1C)-c1c(cc3c(c1C)OCO3)C[C@H](C)[C@H](C)[C@H]2O. The van der Waals surface area contributed by atoms with Crippen molar-refractivity contribution < 1.29 is 19.3 Å². The summed E-state index contributed by atoms with van der Waals surface area (Å²) in [6.45, 7) is 10.9. The molecule has 4 nitrogen and oxygen atoms in total. The van der Waals surface area contributed by atoms with Gasteiger partial charge < -0.3 is 19.3 Å². The lowest BCUT2D eigenvalue weighted by atomic mass is 9.74. The number of fused-ring (bicyclic) bond motifs is 4. The van der Waals surface area contributed by atoms with E-state index in [9.17, 15) is 5.11 Å². The van der Waals surface area contributed by atoms with Crippen molar-refractivity contribution in [3.8, 4) is 28.4 Å². The van der Waals surface area contributed by atoms with Crippen LogP contribution >= 0.6 is 0 Å². The van der Waals surface area contributed by atoms with E-state index in [-0.39, 0.29) is 12.7 Å². The molecule has 1 aliphatic heterocycles. The van der Waals surface area contributed by atoms with Gasteiger partial charge in [-0.1, -0.05) is 13.8 Å². The molecule has 2 aliphatic rings. The van der Waals surface area contributed by atoms with Gasteiger partial charge in [0.15, 0.2) is 11.5 Å². The smallest absolute Gasteiger partial charge is 0.231 e. The lowest BCUT2D eigenvalue weighted by Gasteiger charge is -2.33. The Hall–Kier alpha value is -2.20. The zero-order valence-corrected chi connectivity index (χ0v) is 17.0. The summed E-state index contributed by atoms with van der Waals surface area (Å²) in [5.74, 6) is 2.94. The van der Waals surface area contributed by atoms with Crippen molar-refractivity contribution in [3.05, 3.63) is 39.9 Å². The van der Waals surface area contributed by atoms with Gasteiger partial charge in [0, 0.05) is 5.56 Å². The molecule has 0 unspecified atom stereocenters. The van der Waals surface area contributed by atoms with Crippen molar-refractivity contribution in [1.82, 2.24) is 0 Å². The van der Waals surface area contributed by atoms with Gasteiger partial charge in [-0.05, 0) is 84.5 Å². The Kier molecular flexibility index (Phi) is 4.34. The molecule has 2 aromatic rings. The van der Waals surface area contributed by atoms with Gasteiger partial charge in [-0.25, -0.2) is 0 Å². The van der Waals surface area contributed by atoms with Crippen LogP contribution in [0.5, 0.6) is 17.2 Å². The number of benzene rings is 2. The number of aliphatic hydroxyl groups excluding tert-OH is 1. The van der Waals surface area contributed by atoms with Gasteiger partial charge in [0.2, 0.25) is 6.79 Å². The van der Waals surface area contributed by atoms with Crippen molar-refractivity contribution in [2.75, 3.05) is 13.9 Å². The molecule has 144 valence electrons. The van der Waals surface area contributed by atoms with E-state index in [0.29, 0.717) is 5.92 Å². The molecular weight excluding hydrogens is 340 g/mol. The highest BCUT2D eigenvalue weighted by Gasteiger charge is 2.34. The summed E-state index contributed by atoms with van der Waals surface area (Å²) in [6.07, 6.45) is 0.357. The first-order valence-corrected chi connectivity index (χ1v) is 9.63. The van der Waals surface area contributed by atoms with Crippen LogP contribution in [0.25, 0.3) is 11.1 Å². The zero-order valence-electron chi connectivity index (χ0n) is 17.0. The molecule has 3 atom stereocenters. The molecule has 0 spiro atoms. The van der Waals surface area contributed by atoms with Gasteiger partial charge in [0.1, 0.15) is 5.75 Å². The maximum absolute atomic E-state index is 11.2. The third-order valence-corrected chi connectivity index (χ3v) is 6.59. The summed E-state index contributed by atoms with van der Waals surface area (Å²) < 4.78 is 17.1. The van der Waals surface area contributed by atoms with Crippen LogP contribution in [0.15, 0.2) is 12.1 Å². The standard InChI is InChI=1S/C23H28O4/c1-11-7-16-8-19-23(27-10-26-19)15(5)20(16)21-14(4)13(3)18(25-6)9-17(21)22(24)12(11)2/h8-9,11-12,22,24H,7,10H2,1-6H3/t11-,12-,22+/m0/s1. The average molecular weight is 368 g/mol. The van der Waals surface area contributed by atoms with Crippen LogP contribution in [-0.4, -0.2) is 19.0 Å². The number of hydrogen-bond donors (Lipinski definition) is 1. The fourth-order valence-electron chi connectivity index (χ4n) is 4.60. The van der Waals surface area contributed by atoms with E-state index in [4.69, 9.17) is 14.2 Å². The number of aliphatic hydroxyl groups is 1. The maximum atomic E-state index is 11.2. The largest absolute Gasteiger partial charge is 0.496 e. The molecule has 0 amide bonds. The van der Waals surface area contributed by atoms with Crippen LogP contribution in [0.2, 0.25) is 0 Å². The number of methoxy groups -OCH3 is 1. The minimum absolute atomic E-state index is 0.134. The minimum Gasteiger partial charge on any atom is -0.496 e. The van der Waals surface area contributed by atoms with E-state index in [2.05, 4.69) is 40.7 Å². The summed E-state index contributed by atoms with van der Waals surface area (Å²) in [5.41, 5.74) is 7.83. The van der Waals surface area contributed by atoms with Crippen molar-refractivity contribution in [3.63, 3.8) is 0 Å². The molecule has 1 heterocycles. The first-order chi connectivity index (χ1) is 12.8. The second-order valence-electron chi connectivity index (χ2n) is 8.05. The van der Waals surface area contributed by atoms with Crippen molar-refractivity contribution in [2.45, 2.75) is 47.1 Å². The summed E-state index contributed by atoms with van der Waals surface area (Å²) >= 11 is 0. The predicted octanol–water partition coefficient (Wildman–Crippen LogP) is 4.88. The number of ether oxygens (including phenoxy) is 3. The van der Waals surface area contributed by atoms with Crippen LogP contribution in [0.4, 0.5) is 0 Å². The third-order valence-electron chi connectivity index (χ3n) is 6.59. The summed E-state index contributed by atoms with van der Waals surface area (Å²) in [6, 6.07) is 4.15. The lowest BCUT2D eigenvalue weighted by molar-refractivity contribution is 0.0866. The Morgan fingerprint density at radius 2 is 1.74 bits per heavy atom. The second-order valence-corrected chi connectivity index (χ2v) is 8.05. The van der Waals surface area contributed by atoms with Crippen LogP contribution in [0.1, 0.15) is 47.8 Å². The highest BCUT2D eigenvalue weighted by atomic mass is 16.7. The Morgan fingerprint density at radius 3 is 2.44 bits per heavy atom. The van der Waals surface area contributed by atoms with E-state index in [1.54, 1.807) is 7.11 Å². The third kappa shape index (κ3) is 2.61. The Labute approximate surface area is 161 Å². The van der Waals surface area contributed by atoms with Gasteiger partial charge in [0.25, 0.3) is 0 Å². The Balaban J connectivity index is 2.11. The van der Waals surface area contributed by atoms with Gasteiger partial charge >= 0.3 is 0 Å². The Bertz CT molecular complexity index is 916. The van der Waals surface area contributed by atoms with Gasteiger partial charge in [-0.3, -0.25) is 0 Å². The van der Waals surface area contributed by atoms with Crippen LogP contribution in [-0.2, 0) is 6.42 Å². The van der Waals surface area contributed by atoms with Gasteiger partial charge in [-0.15, -0.1) is 0 Å². The molecule has 27 heavy (non-hydrogen) atoms. The van der Waals surface area contributed by atoms with Crippen molar-refractivity contribution in [1.29, 1.82) is 0 Å². The molecule has 0 saturated heterocycles. The van der Waals surface area contributed by atoms with E-state index in [1.807, 2.05) is 6.07 Å². The summed E-state index contributed by atoms with van der Waals surface area (Å²) in [4.78, 5) is 0. The molecule has 1 aliphatic carbocycles. The molecule has 0 fully saturated rings. The van der Waals surface area contributed by atoms with E-state index in [0.717, 1.165) is 51.5 Å². The highest BCUT2D eigenvalue weighted by Crippen LogP contribution is 2.50. The Morgan fingerprint density at radius 1 is 1.00 bits per heavy atom. The van der Waals surface area contributed by atoms with Gasteiger partial charge in [-0.2, -0.15) is 0 Å². The maximum Gasteiger partial charge on any atom is 0.231 e. The molecule has 0 saturated carbocycles. The monoisotopic (exact) mass is 368 g/mol. The second kappa shape index (κ2) is 6.45. The highest BCUT2D eigenvalue weighted by molar-refractivity contribution is 5.82.